The van der Waals surface area contributed by atoms with Crippen molar-refractivity contribution in [2.24, 2.45) is 0 Å². The number of phenols is 1. The number of aromatic hydroxyl groups is 1. The zero-order chi connectivity index (χ0) is 19.4. The molecule has 0 saturated carbocycles. The van der Waals surface area contributed by atoms with E-state index >= 15 is 0 Å². The second-order valence-corrected chi connectivity index (χ2v) is 5.93. The van der Waals surface area contributed by atoms with Crippen molar-refractivity contribution in [1.29, 1.82) is 0 Å². The van der Waals surface area contributed by atoms with Gasteiger partial charge in [0, 0.05) is 0 Å². The van der Waals surface area contributed by atoms with Crippen LogP contribution in [0.4, 0.5) is 0 Å². The number of hydrogen-bond donors (Lipinski definition) is 7. The maximum atomic E-state index is 10.4. The van der Waals surface area contributed by atoms with Gasteiger partial charge in [0.25, 0.3) is 0 Å². The monoisotopic (exact) mass is 376 g/mol. The standard InChI is InChI=1S/C16H24O10/c1-24-9-4-7(2-3-8(9)19)12(20)10(5-17)25-16-15(23)14(22)13(21)11(6-18)26-16/h2-4,10-23H,5-6H2,1H3/t10-,11-,12+,13-,14+,15-,16-/m1/s1. The van der Waals surface area contributed by atoms with Crippen molar-refractivity contribution in [2.75, 3.05) is 20.3 Å². The molecule has 0 unspecified atom stereocenters. The van der Waals surface area contributed by atoms with Gasteiger partial charge in [0.15, 0.2) is 17.8 Å². The third-order valence-electron chi connectivity index (χ3n) is 4.23. The van der Waals surface area contributed by atoms with E-state index < -0.39 is 56.1 Å². The zero-order valence-electron chi connectivity index (χ0n) is 14.0. The van der Waals surface area contributed by atoms with Crippen molar-refractivity contribution in [3.63, 3.8) is 0 Å². The molecule has 26 heavy (non-hydrogen) atoms. The summed E-state index contributed by atoms with van der Waals surface area (Å²) < 4.78 is 15.5. The van der Waals surface area contributed by atoms with Crippen molar-refractivity contribution < 1.29 is 50.0 Å². The third kappa shape index (κ3) is 4.24. The first-order chi connectivity index (χ1) is 12.3. The molecular weight excluding hydrogens is 352 g/mol. The molecule has 1 fully saturated rings. The van der Waals surface area contributed by atoms with Gasteiger partial charge in [-0.05, 0) is 17.7 Å². The molecular formula is C16H24O10. The molecule has 7 atom stereocenters. The van der Waals surface area contributed by atoms with Gasteiger partial charge in [-0.15, -0.1) is 0 Å². The topological polar surface area (TPSA) is 169 Å². The molecule has 0 aromatic heterocycles. The van der Waals surface area contributed by atoms with Gasteiger partial charge in [0.2, 0.25) is 0 Å². The van der Waals surface area contributed by atoms with Crippen LogP contribution in [0.5, 0.6) is 11.5 Å². The van der Waals surface area contributed by atoms with E-state index in [0.717, 1.165) is 0 Å². The summed E-state index contributed by atoms with van der Waals surface area (Å²) in [5, 5.41) is 68.2. The van der Waals surface area contributed by atoms with Crippen LogP contribution < -0.4 is 4.74 Å². The van der Waals surface area contributed by atoms with Crippen molar-refractivity contribution in [3.8, 4) is 11.5 Å². The van der Waals surface area contributed by atoms with Crippen LogP contribution in [0.3, 0.4) is 0 Å². The molecule has 1 aliphatic heterocycles. The average molecular weight is 376 g/mol. The van der Waals surface area contributed by atoms with Crippen LogP contribution >= 0.6 is 0 Å². The highest BCUT2D eigenvalue weighted by molar-refractivity contribution is 5.42. The molecule has 0 aliphatic carbocycles. The molecule has 0 spiro atoms. The highest BCUT2D eigenvalue weighted by atomic mass is 16.7. The number of methoxy groups -OCH3 is 1. The smallest absolute Gasteiger partial charge is 0.187 e. The molecule has 0 amide bonds. The molecule has 0 bridgehead atoms. The lowest BCUT2D eigenvalue weighted by Crippen LogP contribution is -2.60. The fraction of sp³-hybridized carbons (Fsp3) is 0.625. The lowest BCUT2D eigenvalue weighted by Gasteiger charge is -2.41. The fourth-order valence-corrected chi connectivity index (χ4v) is 2.66. The van der Waals surface area contributed by atoms with Gasteiger partial charge in [0.05, 0.1) is 20.3 Å². The summed E-state index contributed by atoms with van der Waals surface area (Å²) in [5.74, 6) is -0.0371. The summed E-state index contributed by atoms with van der Waals surface area (Å²) in [7, 11) is 1.33. The zero-order valence-corrected chi connectivity index (χ0v) is 14.0. The summed E-state index contributed by atoms with van der Waals surface area (Å²) in [6, 6.07) is 4.03. The molecule has 1 aromatic carbocycles. The van der Waals surface area contributed by atoms with Crippen LogP contribution in [-0.2, 0) is 9.47 Å². The van der Waals surface area contributed by atoms with E-state index in [1.54, 1.807) is 0 Å². The van der Waals surface area contributed by atoms with Crippen LogP contribution in [0.25, 0.3) is 0 Å². The van der Waals surface area contributed by atoms with E-state index in [1.165, 1.54) is 25.3 Å². The molecule has 10 nitrogen and oxygen atoms in total. The van der Waals surface area contributed by atoms with Gasteiger partial charge in [-0.1, -0.05) is 6.07 Å². The lowest BCUT2D eigenvalue weighted by molar-refractivity contribution is -0.319. The first kappa shape index (κ1) is 20.8. The van der Waals surface area contributed by atoms with Gasteiger partial charge < -0.3 is 50.0 Å². The first-order valence-corrected chi connectivity index (χ1v) is 7.95. The Bertz CT molecular complexity index is 580. The first-order valence-electron chi connectivity index (χ1n) is 7.95. The Balaban J connectivity index is 2.15. The molecule has 10 heteroatoms. The third-order valence-corrected chi connectivity index (χ3v) is 4.23. The van der Waals surface area contributed by atoms with Gasteiger partial charge in [-0.25, -0.2) is 0 Å². The fourth-order valence-electron chi connectivity index (χ4n) is 2.66. The normalized spacial score (nSPS) is 31.4. The van der Waals surface area contributed by atoms with Crippen LogP contribution in [-0.4, -0.2) is 92.9 Å². The van der Waals surface area contributed by atoms with Crippen LogP contribution in [0.2, 0.25) is 0 Å². The SMILES string of the molecule is COc1cc([C@H](O)[C@@H](CO)O[C@@H]2O[C@H](CO)[C@@H](O)[C@H](O)[C@H]2O)ccc1O. The van der Waals surface area contributed by atoms with E-state index in [2.05, 4.69) is 0 Å². The minimum Gasteiger partial charge on any atom is -0.504 e. The number of aliphatic hydroxyl groups excluding tert-OH is 6. The highest BCUT2D eigenvalue weighted by Gasteiger charge is 2.45. The van der Waals surface area contributed by atoms with Gasteiger partial charge in [-0.2, -0.15) is 0 Å². The Kier molecular flexibility index (Phi) is 7.15. The predicted molar refractivity (Wildman–Crippen MR) is 85.3 cm³/mol. The van der Waals surface area contributed by atoms with E-state index in [4.69, 9.17) is 14.2 Å². The number of phenolic OH excluding ortho intramolecular Hbond substituents is 1. The van der Waals surface area contributed by atoms with Crippen LogP contribution in [0.1, 0.15) is 11.7 Å². The Morgan fingerprint density at radius 2 is 1.81 bits per heavy atom. The highest BCUT2D eigenvalue weighted by Crippen LogP contribution is 2.32. The summed E-state index contributed by atoms with van der Waals surface area (Å²) in [6.07, 6.45) is -10.2. The Morgan fingerprint density at radius 3 is 2.38 bits per heavy atom. The predicted octanol–water partition coefficient (Wildman–Crippen LogP) is -2.39. The molecule has 1 heterocycles. The summed E-state index contributed by atoms with van der Waals surface area (Å²) in [6.45, 7) is -1.30. The van der Waals surface area contributed by atoms with Crippen LogP contribution in [0, 0.1) is 0 Å². The average Bonchev–Trinajstić information content (AvgIpc) is 2.65. The second-order valence-electron chi connectivity index (χ2n) is 5.93. The maximum absolute atomic E-state index is 10.4. The molecule has 7 N–H and O–H groups in total. The number of aliphatic hydroxyl groups is 6. The minimum absolute atomic E-state index is 0.103. The van der Waals surface area contributed by atoms with Crippen molar-refractivity contribution in [2.45, 2.75) is 42.9 Å². The van der Waals surface area contributed by atoms with Crippen molar-refractivity contribution >= 4 is 0 Å². The summed E-state index contributed by atoms with van der Waals surface area (Å²) in [5.41, 5.74) is 0.253. The largest absolute Gasteiger partial charge is 0.504 e. The molecule has 0 radical (unpaired) electrons. The number of ether oxygens (including phenoxy) is 3. The van der Waals surface area contributed by atoms with E-state index in [-0.39, 0.29) is 17.1 Å². The quantitative estimate of drug-likeness (QED) is 0.272. The molecule has 1 aliphatic rings. The second kappa shape index (κ2) is 8.93. The van der Waals surface area contributed by atoms with Gasteiger partial charge in [0.1, 0.15) is 36.6 Å². The molecule has 1 aromatic rings. The Morgan fingerprint density at radius 1 is 1.12 bits per heavy atom. The van der Waals surface area contributed by atoms with Gasteiger partial charge in [-0.3, -0.25) is 0 Å². The maximum Gasteiger partial charge on any atom is 0.187 e. The van der Waals surface area contributed by atoms with Crippen molar-refractivity contribution in [3.05, 3.63) is 23.8 Å². The number of rotatable bonds is 7. The summed E-state index contributed by atoms with van der Waals surface area (Å²) in [4.78, 5) is 0. The molecule has 148 valence electrons. The Hall–Kier alpha value is -1.50. The molecule has 1 saturated heterocycles. The van der Waals surface area contributed by atoms with Gasteiger partial charge >= 0.3 is 0 Å². The van der Waals surface area contributed by atoms with Crippen LogP contribution in [0.15, 0.2) is 18.2 Å². The Labute approximate surface area is 149 Å². The lowest BCUT2D eigenvalue weighted by atomic mass is 9.99. The number of hydrogen-bond acceptors (Lipinski definition) is 10. The van der Waals surface area contributed by atoms with E-state index in [1.807, 2.05) is 0 Å². The van der Waals surface area contributed by atoms with Crippen molar-refractivity contribution in [1.82, 2.24) is 0 Å². The van der Waals surface area contributed by atoms with E-state index in [9.17, 15) is 35.7 Å². The molecule has 2 rings (SSSR count). The number of benzene rings is 1. The minimum atomic E-state index is -1.66. The summed E-state index contributed by atoms with van der Waals surface area (Å²) >= 11 is 0. The van der Waals surface area contributed by atoms with E-state index in [0.29, 0.717) is 0 Å².